The average molecular weight is 259 g/mol. The van der Waals surface area contributed by atoms with Gasteiger partial charge in [0.25, 0.3) is 0 Å². The second-order valence-electron chi connectivity index (χ2n) is 4.51. The number of rotatable bonds is 3. The first-order valence-corrected chi connectivity index (χ1v) is 6.05. The SMILES string of the molecule is Cc1nocc1NC(=O)Nc1ccc(C2CC2)nn1. The smallest absolute Gasteiger partial charge is 0.325 e. The topological polar surface area (TPSA) is 92.9 Å². The molecule has 2 heterocycles. The van der Waals surface area contributed by atoms with Crippen LogP contribution in [0.2, 0.25) is 0 Å². The number of carbonyl (C=O) groups is 1. The molecule has 0 saturated heterocycles. The maximum atomic E-state index is 11.7. The van der Waals surface area contributed by atoms with E-state index >= 15 is 0 Å². The van der Waals surface area contributed by atoms with Crippen molar-refractivity contribution < 1.29 is 9.32 Å². The van der Waals surface area contributed by atoms with E-state index in [0.29, 0.717) is 23.1 Å². The molecular weight excluding hydrogens is 246 g/mol. The molecule has 1 aliphatic carbocycles. The summed E-state index contributed by atoms with van der Waals surface area (Å²) in [6.07, 6.45) is 3.72. The Kier molecular flexibility index (Phi) is 2.86. The molecule has 0 atom stereocenters. The van der Waals surface area contributed by atoms with Gasteiger partial charge in [-0.2, -0.15) is 5.10 Å². The predicted octanol–water partition coefficient (Wildman–Crippen LogP) is 2.29. The zero-order valence-electron chi connectivity index (χ0n) is 10.4. The Morgan fingerprint density at radius 1 is 1.32 bits per heavy atom. The second kappa shape index (κ2) is 4.68. The second-order valence-corrected chi connectivity index (χ2v) is 4.51. The molecule has 98 valence electrons. The van der Waals surface area contributed by atoms with Gasteiger partial charge in [0.2, 0.25) is 0 Å². The van der Waals surface area contributed by atoms with Crippen molar-refractivity contribution in [2.45, 2.75) is 25.7 Å². The number of hydrogen-bond acceptors (Lipinski definition) is 5. The molecule has 7 nitrogen and oxygen atoms in total. The van der Waals surface area contributed by atoms with Crippen LogP contribution in [-0.2, 0) is 0 Å². The molecular formula is C12H13N5O2. The lowest BCUT2D eigenvalue weighted by Crippen LogP contribution is -2.20. The van der Waals surface area contributed by atoms with Gasteiger partial charge in [0.1, 0.15) is 17.6 Å². The quantitative estimate of drug-likeness (QED) is 0.882. The highest BCUT2D eigenvalue weighted by Gasteiger charge is 2.25. The zero-order valence-corrected chi connectivity index (χ0v) is 10.4. The average Bonchev–Trinajstić information content (AvgIpc) is 3.16. The van der Waals surface area contributed by atoms with Crippen molar-refractivity contribution in [3.8, 4) is 0 Å². The Bertz CT molecular complexity index is 588. The van der Waals surface area contributed by atoms with Crippen LogP contribution in [0.3, 0.4) is 0 Å². The molecule has 0 spiro atoms. The number of carbonyl (C=O) groups excluding carboxylic acids is 1. The summed E-state index contributed by atoms with van der Waals surface area (Å²) in [4.78, 5) is 11.7. The van der Waals surface area contributed by atoms with E-state index in [-0.39, 0.29) is 0 Å². The Morgan fingerprint density at radius 2 is 2.16 bits per heavy atom. The van der Waals surface area contributed by atoms with Gasteiger partial charge in [-0.3, -0.25) is 5.32 Å². The van der Waals surface area contributed by atoms with Crippen LogP contribution in [0, 0.1) is 6.92 Å². The molecule has 2 aromatic heterocycles. The fraction of sp³-hybridized carbons (Fsp3) is 0.333. The van der Waals surface area contributed by atoms with Gasteiger partial charge in [0.15, 0.2) is 5.82 Å². The summed E-state index contributed by atoms with van der Waals surface area (Å²) in [5.74, 6) is 0.964. The third-order valence-electron chi connectivity index (χ3n) is 2.92. The summed E-state index contributed by atoms with van der Waals surface area (Å²) >= 11 is 0. The van der Waals surface area contributed by atoms with Crippen LogP contribution >= 0.6 is 0 Å². The van der Waals surface area contributed by atoms with Gasteiger partial charge in [-0.15, -0.1) is 5.10 Å². The Labute approximate surface area is 109 Å². The molecule has 0 radical (unpaired) electrons. The highest BCUT2D eigenvalue weighted by atomic mass is 16.5. The third kappa shape index (κ3) is 2.70. The molecule has 2 N–H and O–H groups in total. The fourth-order valence-electron chi connectivity index (χ4n) is 1.69. The summed E-state index contributed by atoms with van der Waals surface area (Å²) in [6, 6.07) is 3.24. The van der Waals surface area contributed by atoms with Crippen LogP contribution in [0.5, 0.6) is 0 Å². The summed E-state index contributed by atoms with van der Waals surface area (Å²) in [5, 5.41) is 16.9. The lowest BCUT2D eigenvalue weighted by atomic mass is 10.3. The van der Waals surface area contributed by atoms with E-state index in [0.717, 1.165) is 5.69 Å². The summed E-state index contributed by atoms with van der Waals surface area (Å²) < 4.78 is 4.72. The molecule has 0 aliphatic heterocycles. The molecule has 0 bridgehead atoms. The van der Waals surface area contributed by atoms with Crippen molar-refractivity contribution in [1.29, 1.82) is 0 Å². The van der Waals surface area contributed by atoms with E-state index in [4.69, 9.17) is 4.52 Å². The fourth-order valence-corrected chi connectivity index (χ4v) is 1.69. The molecule has 1 aliphatic rings. The van der Waals surface area contributed by atoms with Gasteiger partial charge in [-0.05, 0) is 31.9 Å². The van der Waals surface area contributed by atoms with Crippen molar-refractivity contribution in [2.24, 2.45) is 0 Å². The van der Waals surface area contributed by atoms with E-state index in [2.05, 4.69) is 26.0 Å². The van der Waals surface area contributed by atoms with Crippen LogP contribution < -0.4 is 10.6 Å². The van der Waals surface area contributed by atoms with E-state index in [1.54, 1.807) is 13.0 Å². The number of urea groups is 1. The van der Waals surface area contributed by atoms with Crippen LogP contribution in [0.25, 0.3) is 0 Å². The number of anilines is 2. The minimum Gasteiger partial charge on any atom is -0.362 e. The summed E-state index contributed by atoms with van der Waals surface area (Å²) in [5.41, 5.74) is 2.13. The van der Waals surface area contributed by atoms with Gasteiger partial charge in [-0.25, -0.2) is 4.79 Å². The minimum absolute atomic E-state index is 0.403. The highest BCUT2D eigenvalue weighted by Crippen LogP contribution is 2.38. The van der Waals surface area contributed by atoms with Crippen LogP contribution in [0.15, 0.2) is 22.9 Å². The molecule has 2 aromatic rings. The van der Waals surface area contributed by atoms with Crippen molar-refractivity contribution in [3.63, 3.8) is 0 Å². The largest absolute Gasteiger partial charge is 0.362 e. The first-order valence-electron chi connectivity index (χ1n) is 6.05. The van der Waals surface area contributed by atoms with Crippen LogP contribution in [-0.4, -0.2) is 21.4 Å². The van der Waals surface area contributed by atoms with E-state index < -0.39 is 6.03 Å². The Hall–Kier alpha value is -2.44. The normalized spacial score (nSPS) is 14.2. The number of aryl methyl sites for hydroxylation is 1. The molecule has 0 aromatic carbocycles. The third-order valence-corrected chi connectivity index (χ3v) is 2.92. The monoisotopic (exact) mass is 259 g/mol. The zero-order chi connectivity index (χ0) is 13.2. The number of nitrogens with zero attached hydrogens (tertiary/aromatic N) is 3. The molecule has 3 rings (SSSR count). The maximum Gasteiger partial charge on any atom is 0.325 e. The lowest BCUT2D eigenvalue weighted by Gasteiger charge is -2.05. The van der Waals surface area contributed by atoms with Crippen molar-refractivity contribution in [3.05, 3.63) is 29.8 Å². The van der Waals surface area contributed by atoms with Crippen LogP contribution in [0.4, 0.5) is 16.3 Å². The number of nitrogens with one attached hydrogen (secondary N) is 2. The maximum absolute atomic E-state index is 11.7. The van der Waals surface area contributed by atoms with E-state index in [9.17, 15) is 4.79 Å². The van der Waals surface area contributed by atoms with Gasteiger partial charge >= 0.3 is 6.03 Å². The lowest BCUT2D eigenvalue weighted by molar-refractivity contribution is 0.262. The number of hydrogen-bond donors (Lipinski definition) is 2. The molecule has 19 heavy (non-hydrogen) atoms. The minimum atomic E-state index is -0.403. The van der Waals surface area contributed by atoms with Crippen molar-refractivity contribution >= 4 is 17.5 Å². The van der Waals surface area contributed by atoms with E-state index in [1.165, 1.54) is 19.1 Å². The Balaban J connectivity index is 1.61. The number of amides is 2. The van der Waals surface area contributed by atoms with Gasteiger partial charge in [-0.1, -0.05) is 5.16 Å². The molecule has 2 amide bonds. The predicted molar refractivity (Wildman–Crippen MR) is 67.9 cm³/mol. The molecule has 0 unspecified atom stereocenters. The molecule has 1 saturated carbocycles. The first kappa shape index (κ1) is 11.6. The molecule has 1 fully saturated rings. The first-order chi connectivity index (χ1) is 9.22. The summed E-state index contributed by atoms with van der Waals surface area (Å²) in [7, 11) is 0. The highest BCUT2D eigenvalue weighted by molar-refractivity contribution is 5.99. The summed E-state index contributed by atoms with van der Waals surface area (Å²) in [6.45, 7) is 1.74. The van der Waals surface area contributed by atoms with Gasteiger partial charge in [0.05, 0.1) is 5.69 Å². The van der Waals surface area contributed by atoms with Crippen molar-refractivity contribution in [2.75, 3.05) is 10.6 Å². The standard InChI is InChI=1S/C12H13N5O2/c1-7-10(6-19-17-7)13-12(18)14-11-5-4-9(15-16-11)8-2-3-8/h4-6,8H,2-3H2,1H3,(H2,13,14,16,18). The number of aromatic nitrogens is 3. The van der Waals surface area contributed by atoms with Crippen LogP contribution in [0.1, 0.15) is 30.1 Å². The van der Waals surface area contributed by atoms with Crippen molar-refractivity contribution in [1.82, 2.24) is 15.4 Å². The van der Waals surface area contributed by atoms with Gasteiger partial charge in [0, 0.05) is 5.92 Å². The Morgan fingerprint density at radius 3 is 2.74 bits per heavy atom. The molecule has 7 heteroatoms. The van der Waals surface area contributed by atoms with E-state index in [1.807, 2.05) is 6.07 Å². The van der Waals surface area contributed by atoms with Gasteiger partial charge < -0.3 is 9.84 Å².